The summed E-state index contributed by atoms with van der Waals surface area (Å²) < 4.78 is 66.6. The lowest BCUT2D eigenvalue weighted by Gasteiger charge is -2.13. The van der Waals surface area contributed by atoms with E-state index in [1.807, 2.05) is 0 Å². The summed E-state index contributed by atoms with van der Waals surface area (Å²) in [6, 6.07) is 11.7. The molecule has 8 heteroatoms. The van der Waals surface area contributed by atoms with E-state index in [0.29, 0.717) is 35.4 Å². The van der Waals surface area contributed by atoms with Crippen LogP contribution in [0, 0.1) is 11.6 Å². The van der Waals surface area contributed by atoms with Gasteiger partial charge in [0.25, 0.3) is 0 Å². The van der Waals surface area contributed by atoms with Crippen LogP contribution in [0.5, 0.6) is 0 Å². The number of benzene rings is 2. The van der Waals surface area contributed by atoms with Gasteiger partial charge in [-0.25, -0.2) is 21.6 Å². The molecule has 1 N–H and O–H groups in total. The number of aromatic nitrogens is 1. The summed E-state index contributed by atoms with van der Waals surface area (Å²) in [7, 11) is -3.58. The molecule has 0 bridgehead atoms. The van der Waals surface area contributed by atoms with E-state index in [4.69, 9.17) is 0 Å². The third-order valence-electron chi connectivity index (χ3n) is 4.98. The monoisotopic (exact) mass is 444 g/mol. The molecule has 0 atom stereocenters. The Morgan fingerprint density at radius 3 is 2.52 bits per heavy atom. The Labute approximate surface area is 178 Å². The maximum Gasteiger partial charge on any atom is 0.229 e. The molecular weight excluding hydrogens is 425 g/mol. The van der Waals surface area contributed by atoms with Gasteiger partial charge in [0.2, 0.25) is 10.0 Å². The molecule has 0 saturated heterocycles. The number of sulfonamides is 1. The quantitative estimate of drug-likeness (QED) is 0.624. The molecule has 1 heterocycles. The molecule has 0 fully saturated rings. The SMILES string of the molecule is CS(=O)(=O)Nc1cc(F)cc(/C=C2/c3ccc(F)cc3CCc3nc(CF)ccc32)c1. The minimum absolute atomic E-state index is 0.0911. The van der Waals surface area contributed by atoms with Crippen LogP contribution in [0.25, 0.3) is 11.6 Å². The van der Waals surface area contributed by atoms with Crippen LogP contribution in [0.1, 0.15) is 33.6 Å². The lowest BCUT2D eigenvalue weighted by molar-refractivity contribution is 0.475. The smallest absolute Gasteiger partial charge is 0.229 e. The molecule has 0 spiro atoms. The van der Waals surface area contributed by atoms with Crippen molar-refractivity contribution < 1.29 is 21.6 Å². The van der Waals surface area contributed by atoms with Crippen LogP contribution in [0.2, 0.25) is 0 Å². The summed E-state index contributed by atoms with van der Waals surface area (Å²) in [5, 5.41) is 0. The number of hydrogen-bond donors (Lipinski definition) is 1. The van der Waals surface area contributed by atoms with Crippen molar-refractivity contribution in [1.82, 2.24) is 4.98 Å². The number of alkyl halides is 1. The zero-order valence-electron chi connectivity index (χ0n) is 16.6. The molecule has 4 nitrogen and oxygen atoms in total. The summed E-state index contributed by atoms with van der Waals surface area (Å²) in [4.78, 5) is 4.40. The molecule has 2 aromatic carbocycles. The number of aryl methyl sites for hydroxylation is 2. The number of hydrogen-bond acceptors (Lipinski definition) is 3. The van der Waals surface area contributed by atoms with E-state index in [9.17, 15) is 21.6 Å². The molecule has 4 rings (SSSR count). The van der Waals surface area contributed by atoms with Crippen molar-refractivity contribution in [3.8, 4) is 0 Å². The van der Waals surface area contributed by atoms with Crippen molar-refractivity contribution in [2.45, 2.75) is 19.5 Å². The van der Waals surface area contributed by atoms with Gasteiger partial charge in [-0.15, -0.1) is 0 Å². The van der Waals surface area contributed by atoms with E-state index in [-0.39, 0.29) is 11.5 Å². The Hall–Kier alpha value is -3.13. The van der Waals surface area contributed by atoms with Crippen molar-refractivity contribution in [1.29, 1.82) is 0 Å². The van der Waals surface area contributed by atoms with E-state index in [0.717, 1.165) is 29.0 Å². The van der Waals surface area contributed by atoms with Gasteiger partial charge in [-0.3, -0.25) is 9.71 Å². The molecule has 1 aliphatic carbocycles. The first kappa shape index (κ1) is 21.1. The second-order valence-electron chi connectivity index (χ2n) is 7.44. The molecular formula is C23H19F3N2O2S. The number of rotatable bonds is 4. The largest absolute Gasteiger partial charge is 0.284 e. The highest BCUT2D eigenvalue weighted by Gasteiger charge is 2.20. The fourth-order valence-corrected chi connectivity index (χ4v) is 4.32. The highest BCUT2D eigenvalue weighted by molar-refractivity contribution is 7.92. The first-order valence-corrected chi connectivity index (χ1v) is 11.4. The van der Waals surface area contributed by atoms with E-state index in [2.05, 4.69) is 9.71 Å². The van der Waals surface area contributed by atoms with Gasteiger partial charge in [-0.1, -0.05) is 12.1 Å². The normalized spacial score (nSPS) is 14.6. The van der Waals surface area contributed by atoms with Gasteiger partial charge in [0.05, 0.1) is 17.6 Å². The number of fused-ring (bicyclic) bond motifs is 2. The van der Waals surface area contributed by atoms with E-state index >= 15 is 0 Å². The van der Waals surface area contributed by atoms with E-state index in [1.165, 1.54) is 24.3 Å². The van der Waals surface area contributed by atoms with Crippen LogP contribution in [-0.4, -0.2) is 19.7 Å². The predicted octanol–water partition coefficient (Wildman–Crippen LogP) is 4.89. The Morgan fingerprint density at radius 2 is 1.77 bits per heavy atom. The molecule has 0 saturated carbocycles. The summed E-state index contributed by atoms with van der Waals surface area (Å²) >= 11 is 0. The minimum Gasteiger partial charge on any atom is -0.284 e. The number of pyridine rings is 1. The van der Waals surface area contributed by atoms with Gasteiger partial charge < -0.3 is 0 Å². The zero-order chi connectivity index (χ0) is 22.2. The fraction of sp³-hybridized carbons (Fsp3) is 0.174. The lowest BCUT2D eigenvalue weighted by Crippen LogP contribution is -2.09. The van der Waals surface area contributed by atoms with Gasteiger partial charge in [-0.05, 0) is 77.6 Å². The maximum atomic E-state index is 14.2. The average molecular weight is 444 g/mol. The molecule has 3 aromatic rings. The van der Waals surface area contributed by atoms with Gasteiger partial charge in [0.15, 0.2) is 0 Å². The van der Waals surface area contributed by atoms with Crippen LogP contribution in [-0.2, 0) is 29.5 Å². The zero-order valence-corrected chi connectivity index (χ0v) is 17.4. The number of nitrogens with zero attached hydrogens (tertiary/aromatic N) is 1. The minimum atomic E-state index is -3.58. The summed E-state index contributed by atoms with van der Waals surface area (Å²) in [5.74, 6) is -0.980. The maximum absolute atomic E-state index is 14.2. The lowest BCUT2D eigenvalue weighted by atomic mass is 9.93. The predicted molar refractivity (Wildman–Crippen MR) is 115 cm³/mol. The van der Waals surface area contributed by atoms with Crippen LogP contribution < -0.4 is 4.72 Å². The topological polar surface area (TPSA) is 59.1 Å². The molecule has 0 aliphatic heterocycles. The van der Waals surface area contributed by atoms with E-state index < -0.39 is 22.5 Å². The molecule has 160 valence electrons. The van der Waals surface area contributed by atoms with Crippen LogP contribution in [0.3, 0.4) is 0 Å². The van der Waals surface area contributed by atoms with Gasteiger partial charge in [-0.2, -0.15) is 0 Å². The molecule has 31 heavy (non-hydrogen) atoms. The highest BCUT2D eigenvalue weighted by Crippen LogP contribution is 2.35. The summed E-state index contributed by atoms with van der Waals surface area (Å²) in [6.07, 6.45) is 3.70. The first-order chi connectivity index (χ1) is 14.7. The summed E-state index contributed by atoms with van der Waals surface area (Å²) in [6.45, 7) is -0.696. The fourth-order valence-electron chi connectivity index (χ4n) is 3.78. The van der Waals surface area contributed by atoms with Crippen LogP contribution in [0.4, 0.5) is 18.9 Å². The van der Waals surface area contributed by atoms with Crippen LogP contribution in [0.15, 0.2) is 48.5 Å². The second kappa shape index (κ2) is 8.19. The Bertz CT molecular complexity index is 1300. The van der Waals surface area contributed by atoms with Crippen molar-refractivity contribution in [2.24, 2.45) is 0 Å². The molecule has 0 radical (unpaired) electrons. The average Bonchev–Trinajstić information content (AvgIpc) is 2.82. The number of anilines is 1. The van der Waals surface area contributed by atoms with Gasteiger partial charge in [0, 0.05) is 11.3 Å². The highest BCUT2D eigenvalue weighted by atomic mass is 32.2. The van der Waals surface area contributed by atoms with Crippen LogP contribution >= 0.6 is 0 Å². The van der Waals surface area contributed by atoms with Crippen molar-refractivity contribution in [3.05, 3.63) is 93.8 Å². The third kappa shape index (κ3) is 4.80. The molecule has 1 aromatic heterocycles. The van der Waals surface area contributed by atoms with Gasteiger partial charge in [0.1, 0.15) is 18.3 Å². The number of halogens is 3. The van der Waals surface area contributed by atoms with Crippen molar-refractivity contribution in [2.75, 3.05) is 11.0 Å². The third-order valence-corrected chi connectivity index (χ3v) is 5.59. The number of nitrogens with one attached hydrogen (secondary N) is 1. The van der Waals surface area contributed by atoms with Gasteiger partial charge >= 0.3 is 0 Å². The Kier molecular flexibility index (Phi) is 5.58. The Morgan fingerprint density at radius 1 is 1.00 bits per heavy atom. The molecule has 0 unspecified atom stereocenters. The molecule has 1 aliphatic rings. The standard InChI is InChI=1S/C23H19F3N2O2S/c1-31(29,30)28-19-9-14(8-17(26)12-19)10-22-20-5-3-16(25)11-15(20)2-7-23-21(22)6-4-18(13-24)27-23/h3-6,8-12,28H,2,7,13H2,1H3/b22-10-. The first-order valence-electron chi connectivity index (χ1n) is 9.56. The van der Waals surface area contributed by atoms with Crippen molar-refractivity contribution >= 4 is 27.4 Å². The van der Waals surface area contributed by atoms with Crippen molar-refractivity contribution in [3.63, 3.8) is 0 Å². The second-order valence-corrected chi connectivity index (χ2v) is 9.19. The van der Waals surface area contributed by atoms with E-state index in [1.54, 1.807) is 24.3 Å². The summed E-state index contributed by atoms with van der Waals surface area (Å²) in [5.41, 5.74) is 4.42. The Balaban J connectivity index is 1.92. The molecule has 0 amide bonds.